The summed E-state index contributed by atoms with van der Waals surface area (Å²) in [6.07, 6.45) is 0.598. The van der Waals surface area contributed by atoms with Crippen LogP contribution in [0.25, 0.3) is 10.9 Å². The number of hydrogen-bond donors (Lipinski definition) is 1. The molecule has 0 fully saturated rings. The van der Waals surface area contributed by atoms with E-state index in [2.05, 4.69) is 20.5 Å². The number of nitrogens with zero attached hydrogens (tertiary/aromatic N) is 4. The van der Waals surface area contributed by atoms with E-state index in [1.807, 2.05) is 39.0 Å². The predicted octanol–water partition coefficient (Wildman–Crippen LogP) is 3.09. The molecule has 7 nitrogen and oxygen atoms in total. The van der Waals surface area contributed by atoms with Crippen molar-refractivity contribution < 1.29 is 4.79 Å². The van der Waals surface area contributed by atoms with Gasteiger partial charge in [-0.2, -0.15) is 0 Å². The highest BCUT2D eigenvalue weighted by Gasteiger charge is 2.22. The number of aromatic nitrogens is 4. The van der Waals surface area contributed by atoms with Gasteiger partial charge in [-0.15, -0.1) is 10.2 Å². The Balaban J connectivity index is 1.90. The molecule has 1 atom stereocenters. The summed E-state index contributed by atoms with van der Waals surface area (Å²) in [5.41, 5.74) is 0.551. The smallest absolute Gasteiger partial charge is 0.262 e. The number of carbonyl (C=O) groups is 1. The van der Waals surface area contributed by atoms with E-state index in [0.29, 0.717) is 34.2 Å². The number of carbonyl (C=O) groups excluding carboxylic acids is 1. The molecular formula is C17H19N5O2S2. The van der Waals surface area contributed by atoms with Crippen molar-refractivity contribution in [3.8, 4) is 0 Å². The second-order valence-electron chi connectivity index (χ2n) is 5.59. The van der Waals surface area contributed by atoms with Crippen molar-refractivity contribution in [1.82, 2.24) is 19.7 Å². The third kappa shape index (κ3) is 3.78. The van der Waals surface area contributed by atoms with Crippen LogP contribution < -0.4 is 10.9 Å². The molecule has 1 amide bonds. The third-order valence-electron chi connectivity index (χ3n) is 3.81. The SMILES string of the molecule is CCC(Sc1nc2ccccc2c(=O)n1CC)C(=O)Nc1nnc(C)s1. The standard InChI is InChI=1S/C17H19N5O2S2/c1-4-13(14(23)19-16-21-20-10(3)25-16)26-17-18-12-9-7-6-8-11(12)15(24)22(17)5-2/h6-9,13H,4-5H2,1-3H3,(H,19,21,23). The number of aryl methyl sites for hydroxylation is 1. The molecule has 0 aliphatic heterocycles. The Kier molecular flexibility index (Phi) is 5.67. The summed E-state index contributed by atoms with van der Waals surface area (Å²) in [4.78, 5) is 29.9. The lowest BCUT2D eigenvalue weighted by Crippen LogP contribution is -2.28. The molecule has 0 spiro atoms. The molecule has 2 heterocycles. The van der Waals surface area contributed by atoms with E-state index >= 15 is 0 Å². The Morgan fingerprint density at radius 2 is 2.08 bits per heavy atom. The van der Waals surface area contributed by atoms with E-state index in [-0.39, 0.29) is 16.7 Å². The first-order chi connectivity index (χ1) is 12.5. The second-order valence-corrected chi connectivity index (χ2v) is 7.94. The zero-order valence-electron chi connectivity index (χ0n) is 14.7. The molecule has 9 heteroatoms. The monoisotopic (exact) mass is 389 g/mol. The van der Waals surface area contributed by atoms with E-state index in [0.717, 1.165) is 5.01 Å². The average Bonchev–Trinajstić information content (AvgIpc) is 3.04. The Hall–Kier alpha value is -2.26. The van der Waals surface area contributed by atoms with Crippen molar-refractivity contribution in [1.29, 1.82) is 0 Å². The first kappa shape index (κ1) is 18.5. The molecule has 136 valence electrons. The quantitative estimate of drug-likeness (QED) is 0.515. The zero-order chi connectivity index (χ0) is 18.7. The summed E-state index contributed by atoms with van der Waals surface area (Å²) < 4.78 is 1.61. The maximum atomic E-state index is 12.7. The Bertz CT molecular complexity index is 998. The number of thioether (sulfide) groups is 1. The van der Waals surface area contributed by atoms with Crippen LogP contribution in [0.2, 0.25) is 0 Å². The second kappa shape index (κ2) is 7.96. The van der Waals surface area contributed by atoms with E-state index in [4.69, 9.17) is 0 Å². The topological polar surface area (TPSA) is 89.8 Å². The maximum absolute atomic E-state index is 12.7. The molecule has 0 aliphatic carbocycles. The normalized spacial score (nSPS) is 12.3. The Labute approximate surface area is 158 Å². The minimum absolute atomic E-state index is 0.0874. The number of hydrogen-bond acceptors (Lipinski definition) is 7. The molecule has 1 N–H and O–H groups in total. The van der Waals surface area contributed by atoms with Crippen LogP contribution in [0.4, 0.5) is 5.13 Å². The highest BCUT2D eigenvalue weighted by molar-refractivity contribution is 8.00. The first-order valence-corrected chi connectivity index (χ1v) is 10.00. The molecule has 0 saturated carbocycles. The van der Waals surface area contributed by atoms with Gasteiger partial charge in [0.05, 0.1) is 16.2 Å². The molecule has 26 heavy (non-hydrogen) atoms. The van der Waals surface area contributed by atoms with Crippen molar-refractivity contribution in [2.75, 3.05) is 5.32 Å². The van der Waals surface area contributed by atoms with Gasteiger partial charge in [-0.05, 0) is 32.4 Å². The van der Waals surface area contributed by atoms with Crippen molar-refractivity contribution >= 4 is 45.0 Å². The summed E-state index contributed by atoms with van der Waals surface area (Å²) in [6, 6.07) is 7.25. The van der Waals surface area contributed by atoms with Gasteiger partial charge in [-0.3, -0.25) is 19.5 Å². The van der Waals surface area contributed by atoms with Gasteiger partial charge in [0.2, 0.25) is 11.0 Å². The molecule has 0 radical (unpaired) electrons. The average molecular weight is 390 g/mol. The largest absolute Gasteiger partial charge is 0.300 e. The van der Waals surface area contributed by atoms with Crippen LogP contribution in [0.1, 0.15) is 25.3 Å². The van der Waals surface area contributed by atoms with Crippen LogP contribution in [0.15, 0.2) is 34.2 Å². The molecule has 2 aromatic heterocycles. The van der Waals surface area contributed by atoms with E-state index in [9.17, 15) is 9.59 Å². The van der Waals surface area contributed by atoms with Crippen LogP contribution in [0.5, 0.6) is 0 Å². The lowest BCUT2D eigenvalue weighted by Gasteiger charge is -2.16. The van der Waals surface area contributed by atoms with Crippen molar-refractivity contribution in [2.45, 2.75) is 44.1 Å². The summed E-state index contributed by atoms with van der Waals surface area (Å²) in [6.45, 7) is 6.15. The highest BCUT2D eigenvalue weighted by atomic mass is 32.2. The van der Waals surface area contributed by atoms with Gasteiger partial charge in [0.25, 0.3) is 5.56 Å². The van der Waals surface area contributed by atoms with E-state index < -0.39 is 0 Å². The van der Waals surface area contributed by atoms with Crippen molar-refractivity contribution in [3.63, 3.8) is 0 Å². The molecular weight excluding hydrogens is 370 g/mol. The summed E-state index contributed by atoms with van der Waals surface area (Å²) in [7, 11) is 0. The molecule has 3 aromatic rings. The number of fused-ring (bicyclic) bond motifs is 1. The Morgan fingerprint density at radius 3 is 2.73 bits per heavy atom. The molecule has 0 aliphatic rings. The number of para-hydroxylation sites is 1. The molecule has 3 rings (SSSR count). The van der Waals surface area contributed by atoms with Crippen LogP contribution >= 0.6 is 23.1 Å². The minimum atomic E-state index is -0.384. The number of benzene rings is 1. The van der Waals surface area contributed by atoms with Gasteiger partial charge in [-0.25, -0.2) is 4.98 Å². The molecule has 1 unspecified atom stereocenters. The fraction of sp³-hybridized carbons (Fsp3) is 0.353. The number of rotatable bonds is 6. The maximum Gasteiger partial charge on any atom is 0.262 e. The lowest BCUT2D eigenvalue weighted by molar-refractivity contribution is -0.115. The van der Waals surface area contributed by atoms with Gasteiger partial charge in [-0.1, -0.05) is 42.2 Å². The molecule has 1 aromatic carbocycles. The van der Waals surface area contributed by atoms with Crippen LogP contribution in [-0.4, -0.2) is 30.9 Å². The van der Waals surface area contributed by atoms with Gasteiger partial charge in [0.1, 0.15) is 5.01 Å². The first-order valence-electron chi connectivity index (χ1n) is 8.30. The molecule has 0 saturated heterocycles. The Morgan fingerprint density at radius 1 is 1.31 bits per heavy atom. The lowest BCUT2D eigenvalue weighted by atomic mass is 10.2. The minimum Gasteiger partial charge on any atom is -0.300 e. The van der Waals surface area contributed by atoms with Gasteiger partial charge < -0.3 is 0 Å². The van der Waals surface area contributed by atoms with Crippen molar-refractivity contribution in [2.24, 2.45) is 0 Å². The summed E-state index contributed by atoms with van der Waals surface area (Å²) in [5, 5.41) is 12.6. The third-order valence-corrected chi connectivity index (χ3v) is 5.92. The van der Waals surface area contributed by atoms with E-state index in [1.165, 1.54) is 23.1 Å². The number of anilines is 1. The van der Waals surface area contributed by atoms with Crippen LogP contribution in [0.3, 0.4) is 0 Å². The fourth-order valence-corrected chi connectivity index (χ4v) is 4.17. The predicted molar refractivity (Wildman–Crippen MR) is 105 cm³/mol. The van der Waals surface area contributed by atoms with Gasteiger partial charge in [0, 0.05) is 6.54 Å². The van der Waals surface area contributed by atoms with Crippen LogP contribution in [0, 0.1) is 6.92 Å². The number of amides is 1. The van der Waals surface area contributed by atoms with Crippen LogP contribution in [-0.2, 0) is 11.3 Å². The van der Waals surface area contributed by atoms with Crippen molar-refractivity contribution in [3.05, 3.63) is 39.6 Å². The number of nitrogens with one attached hydrogen (secondary N) is 1. The van der Waals surface area contributed by atoms with E-state index in [1.54, 1.807) is 10.6 Å². The fourth-order valence-electron chi connectivity index (χ4n) is 2.50. The summed E-state index contributed by atoms with van der Waals surface area (Å²) in [5.74, 6) is -0.168. The zero-order valence-corrected chi connectivity index (χ0v) is 16.4. The molecule has 0 bridgehead atoms. The highest BCUT2D eigenvalue weighted by Crippen LogP contribution is 2.26. The van der Waals surface area contributed by atoms with Gasteiger partial charge in [0.15, 0.2) is 5.16 Å². The van der Waals surface area contributed by atoms with Gasteiger partial charge >= 0.3 is 0 Å². The summed E-state index contributed by atoms with van der Waals surface area (Å²) >= 11 is 2.63.